The predicted molar refractivity (Wildman–Crippen MR) is 100 cm³/mol. The molecule has 5 heteroatoms. The maximum absolute atomic E-state index is 11.8. The Morgan fingerprint density at radius 1 is 1.24 bits per heavy atom. The van der Waals surface area contributed by atoms with Gasteiger partial charge in [0, 0.05) is 30.3 Å². The highest BCUT2D eigenvalue weighted by atomic mass is 16.1. The van der Waals surface area contributed by atoms with E-state index in [0.29, 0.717) is 12.4 Å². The third kappa shape index (κ3) is 5.65. The molecule has 1 atom stereocenters. The molecule has 25 heavy (non-hydrogen) atoms. The largest absolute Gasteiger partial charge is 0.307 e. The zero-order valence-electron chi connectivity index (χ0n) is 14.8. The molecule has 2 rings (SSSR count). The lowest BCUT2D eigenvalue weighted by molar-refractivity contribution is -0.112. The molecule has 0 spiro atoms. The van der Waals surface area contributed by atoms with Crippen LogP contribution in [0.1, 0.15) is 18.4 Å². The Kier molecular flexibility index (Phi) is 6.60. The van der Waals surface area contributed by atoms with E-state index in [-0.39, 0.29) is 11.8 Å². The number of nitrogens with zero attached hydrogens (tertiary/aromatic N) is 2. The molecule has 0 saturated heterocycles. The molecular weight excluding hydrogens is 314 g/mol. The second-order valence-electron chi connectivity index (χ2n) is 6.14. The summed E-state index contributed by atoms with van der Waals surface area (Å²) < 4.78 is 0. The van der Waals surface area contributed by atoms with Gasteiger partial charge in [-0.1, -0.05) is 37.3 Å². The molecule has 1 N–H and O–H groups in total. The van der Waals surface area contributed by atoms with Crippen molar-refractivity contribution in [2.45, 2.75) is 12.8 Å². The number of rotatable bonds is 7. The Morgan fingerprint density at radius 2 is 2.04 bits per heavy atom. The Morgan fingerprint density at radius 3 is 2.68 bits per heavy atom. The van der Waals surface area contributed by atoms with E-state index in [1.165, 1.54) is 6.08 Å². The van der Waals surface area contributed by atoms with Crippen molar-refractivity contribution in [3.8, 4) is 11.1 Å². The minimum absolute atomic E-state index is 0.138. The van der Waals surface area contributed by atoms with Gasteiger partial charge in [-0.05, 0) is 37.4 Å². The highest BCUT2D eigenvalue weighted by Crippen LogP contribution is 2.23. The lowest BCUT2D eigenvalue weighted by Crippen LogP contribution is -2.13. The second-order valence-corrected chi connectivity index (χ2v) is 6.14. The van der Waals surface area contributed by atoms with E-state index in [4.69, 9.17) is 0 Å². The van der Waals surface area contributed by atoms with Crippen molar-refractivity contribution in [3.63, 3.8) is 0 Å². The van der Waals surface area contributed by atoms with E-state index in [2.05, 4.69) is 10.3 Å². The Hall–Kier alpha value is -2.79. The highest BCUT2D eigenvalue weighted by molar-refractivity contribution is 5.98. The van der Waals surface area contributed by atoms with E-state index in [1.54, 1.807) is 18.3 Å². The SMILES string of the molecule is CC(C=O)c1cccc(-c2ccc(NC(=O)/C=C/CN(C)C)nc2)c1. The van der Waals surface area contributed by atoms with Gasteiger partial charge in [0.2, 0.25) is 5.91 Å². The number of amides is 1. The maximum atomic E-state index is 11.8. The summed E-state index contributed by atoms with van der Waals surface area (Å²) in [4.78, 5) is 29.0. The van der Waals surface area contributed by atoms with Gasteiger partial charge in [0.15, 0.2) is 0 Å². The smallest absolute Gasteiger partial charge is 0.249 e. The third-order valence-electron chi connectivity index (χ3n) is 3.70. The molecule has 2 aromatic rings. The molecule has 1 aromatic heterocycles. The number of aromatic nitrogens is 1. The summed E-state index contributed by atoms with van der Waals surface area (Å²) in [5, 5.41) is 2.73. The van der Waals surface area contributed by atoms with Crippen LogP contribution in [-0.4, -0.2) is 42.7 Å². The number of hydrogen-bond acceptors (Lipinski definition) is 4. The molecule has 5 nitrogen and oxygen atoms in total. The molecule has 0 saturated carbocycles. The normalized spacial score (nSPS) is 12.3. The minimum Gasteiger partial charge on any atom is -0.307 e. The van der Waals surface area contributed by atoms with Gasteiger partial charge in [0.1, 0.15) is 12.1 Å². The van der Waals surface area contributed by atoms with Gasteiger partial charge in [-0.3, -0.25) is 4.79 Å². The van der Waals surface area contributed by atoms with Crippen molar-refractivity contribution in [2.24, 2.45) is 0 Å². The van der Waals surface area contributed by atoms with Gasteiger partial charge in [0.25, 0.3) is 0 Å². The minimum atomic E-state index is -0.205. The van der Waals surface area contributed by atoms with Crippen LogP contribution >= 0.6 is 0 Å². The molecule has 1 aromatic carbocycles. The first-order chi connectivity index (χ1) is 12.0. The van der Waals surface area contributed by atoms with E-state index >= 15 is 0 Å². The lowest BCUT2D eigenvalue weighted by Gasteiger charge is -2.08. The van der Waals surface area contributed by atoms with Crippen molar-refractivity contribution < 1.29 is 9.59 Å². The molecule has 0 radical (unpaired) electrons. The Labute approximate surface area is 148 Å². The molecule has 0 aliphatic carbocycles. The van der Waals surface area contributed by atoms with Gasteiger partial charge >= 0.3 is 0 Å². The average Bonchev–Trinajstić information content (AvgIpc) is 2.61. The number of anilines is 1. The molecular formula is C20H23N3O2. The lowest BCUT2D eigenvalue weighted by atomic mass is 9.98. The van der Waals surface area contributed by atoms with Gasteiger partial charge in [-0.15, -0.1) is 0 Å². The van der Waals surface area contributed by atoms with Crippen LogP contribution in [-0.2, 0) is 9.59 Å². The Bertz CT molecular complexity index is 752. The van der Waals surface area contributed by atoms with Crippen LogP contribution in [0.2, 0.25) is 0 Å². The molecule has 0 aliphatic rings. The van der Waals surface area contributed by atoms with Crippen molar-refractivity contribution in [2.75, 3.05) is 26.0 Å². The number of benzene rings is 1. The van der Waals surface area contributed by atoms with E-state index in [0.717, 1.165) is 23.0 Å². The first kappa shape index (κ1) is 18.5. The van der Waals surface area contributed by atoms with Crippen LogP contribution < -0.4 is 5.32 Å². The fourth-order valence-electron chi connectivity index (χ4n) is 2.26. The predicted octanol–water partition coefficient (Wildman–Crippen LogP) is 3.11. The summed E-state index contributed by atoms with van der Waals surface area (Å²) in [5.74, 6) is 0.157. The number of carbonyl (C=O) groups is 2. The number of likely N-dealkylation sites (N-methyl/N-ethyl adjacent to an activating group) is 1. The van der Waals surface area contributed by atoms with Gasteiger partial charge in [-0.25, -0.2) is 4.98 Å². The fourth-order valence-corrected chi connectivity index (χ4v) is 2.26. The third-order valence-corrected chi connectivity index (χ3v) is 3.70. The van der Waals surface area contributed by atoms with Crippen molar-refractivity contribution in [1.29, 1.82) is 0 Å². The molecule has 1 unspecified atom stereocenters. The first-order valence-corrected chi connectivity index (χ1v) is 8.13. The summed E-state index contributed by atoms with van der Waals surface area (Å²) in [5.41, 5.74) is 2.89. The maximum Gasteiger partial charge on any atom is 0.249 e. The highest BCUT2D eigenvalue weighted by Gasteiger charge is 2.06. The summed E-state index contributed by atoms with van der Waals surface area (Å²) in [6.07, 6.45) is 5.94. The Balaban J connectivity index is 2.06. The topological polar surface area (TPSA) is 62.3 Å². The van der Waals surface area contributed by atoms with Crippen LogP contribution in [0.5, 0.6) is 0 Å². The number of hydrogen-bond donors (Lipinski definition) is 1. The zero-order valence-corrected chi connectivity index (χ0v) is 14.8. The quantitative estimate of drug-likeness (QED) is 0.623. The van der Waals surface area contributed by atoms with Crippen LogP contribution in [0.15, 0.2) is 54.7 Å². The molecule has 0 fully saturated rings. The van der Waals surface area contributed by atoms with Crippen molar-refractivity contribution in [3.05, 3.63) is 60.3 Å². The second kappa shape index (κ2) is 8.89. The van der Waals surface area contributed by atoms with Crippen molar-refractivity contribution >= 4 is 18.0 Å². The number of carbonyl (C=O) groups excluding carboxylic acids is 2. The van der Waals surface area contributed by atoms with Crippen LogP contribution in [0.3, 0.4) is 0 Å². The van der Waals surface area contributed by atoms with E-state index in [9.17, 15) is 9.59 Å². The average molecular weight is 337 g/mol. The number of nitrogens with one attached hydrogen (secondary N) is 1. The standard InChI is InChI=1S/C20H23N3O2/c1-15(14-24)16-6-4-7-17(12-16)18-9-10-19(21-13-18)22-20(25)8-5-11-23(2)3/h4-10,12-15H,11H2,1-3H3,(H,21,22,25)/b8-5+. The number of aldehydes is 1. The summed E-state index contributed by atoms with van der Waals surface area (Å²) >= 11 is 0. The van der Waals surface area contributed by atoms with E-state index < -0.39 is 0 Å². The van der Waals surface area contributed by atoms with E-state index in [1.807, 2.05) is 56.3 Å². The number of pyridine rings is 1. The van der Waals surface area contributed by atoms with Crippen LogP contribution in [0, 0.1) is 0 Å². The zero-order chi connectivity index (χ0) is 18.2. The van der Waals surface area contributed by atoms with Crippen LogP contribution in [0.4, 0.5) is 5.82 Å². The molecule has 0 aliphatic heterocycles. The van der Waals surface area contributed by atoms with Crippen molar-refractivity contribution in [1.82, 2.24) is 9.88 Å². The summed E-state index contributed by atoms with van der Waals surface area (Å²) in [6.45, 7) is 2.57. The summed E-state index contributed by atoms with van der Waals surface area (Å²) in [7, 11) is 3.88. The monoisotopic (exact) mass is 337 g/mol. The van der Waals surface area contributed by atoms with Gasteiger partial charge in [0.05, 0.1) is 0 Å². The first-order valence-electron chi connectivity index (χ1n) is 8.13. The molecule has 0 bridgehead atoms. The van der Waals surface area contributed by atoms with Crippen LogP contribution in [0.25, 0.3) is 11.1 Å². The van der Waals surface area contributed by atoms with Gasteiger partial charge < -0.3 is 15.0 Å². The fraction of sp³-hybridized carbons (Fsp3) is 0.250. The molecule has 1 amide bonds. The summed E-state index contributed by atoms with van der Waals surface area (Å²) in [6, 6.07) is 11.5. The van der Waals surface area contributed by atoms with Gasteiger partial charge in [-0.2, -0.15) is 0 Å². The molecule has 1 heterocycles. The molecule has 130 valence electrons.